The van der Waals surface area contributed by atoms with Crippen molar-refractivity contribution in [2.24, 2.45) is 0 Å². The van der Waals surface area contributed by atoms with Gasteiger partial charge in [0.05, 0.1) is 5.69 Å². The van der Waals surface area contributed by atoms with Crippen LogP contribution in [0.25, 0.3) is 0 Å². The molecule has 1 aromatic carbocycles. The molecule has 3 heteroatoms. The van der Waals surface area contributed by atoms with Crippen molar-refractivity contribution in [2.45, 2.75) is 45.6 Å². The molecule has 0 bridgehead atoms. The summed E-state index contributed by atoms with van der Waals surface area (Å²) in [6.45, 7) is 7.05. The number of anilines is 1. The highest BCUT2D eigenvalue weighted by atomic mass is 19.1. The lowest BCUT2D eigenvalue weighted by Gasteiger charge is -2.28. The summed E-state index contributed by atoms with van der Waals surface area (Å²) in [5.41, 5.74) is 1.90. The Bertz CT molecular complexity index is 398. The third-order valence-electron chi connectivity index (χ3n) is 3.92. The Morgan fingerprint density at radius 1 is 1.21 bits per heavy atom. The van der Waals surface area contributed by atoms with Gasteiger partial charge in [0.25, 0.3) is 0 Å². The molecule has 0 amide bonds. The topological polar surface area (TPSA) is 15.3 Å². The zero-order valence-electron chi connectivity index (χ0n) is 12.1. The van der Waals surface area contributed by atoms with Crippen molar-refractivity contribution in [3.8, 4) is 0 Å². The minimum Gasteiger partial charge on any atom is -0.369 e. The van der Waals surface area contributed by atoms with Crippen LogP contribution >= 0.6 is 0 Å². The molecule has 2 rings (SSSR count). The normalized spacial score (nSPS) is 18.2. The smallest absolute Gasteiger partial charge is 0.146 e. The van der Waals surface area contributed by atoms with Crippen molar-refractivity contribution >= 4 is 5.69 Å². The highest BCUT2D eigenvalue weighted by Gasteiger charge is 2.20. The summed E-state index contributed by atoms with van der Waals surface area (Å²) >= 11 is 0. The molecule has 0 aliphatic carbocycles. The van der Waals surface area contributed by atoms with Crippen molar-refractivity contribution in [1.82, 2.24) is 5.32 Å². The summed E-state index contributed by atoms with van der Waals surface area (Å²) in [6.07, 6.45) is 4.87. The van der Waals surface area contributed by atoms with Gasteiger partial charge >= 0.3 is 0 Å². The van der Waals surface area contributed by atoms with E-state index in [1.165, 1.54) is 25.7 Å². The molecule has 1 N–H and O–H groups in total. The summed E-state index contributed by atoms with van der Waals surface area (Å²) in [5, 5.41) is 3.39. The first-order chi connectivity index (χ1) is 9.24. The van der Waals surface area contributed by atoms with Crippen molar-refractivity contribution in [3.05, 3.63) is 29.6 Å². The maximum Gasteiger partial charge on any atom is 0.146 e. The number of rotatable bonds is 4. The number of hydrogen-bond acceptors (Lipinski definition) is 2. The van der Waals surface area contributed by atoms with Gasteiger partial charge in [-0.2, -0.15) is 0 Å². The molecule has 0 saturated carbocycles. The summed E-state index contributed by atoms with van der Waals surface area (Å²) in [7, 11) is 0. The van der Waals surface area contributed by atoms with Crippen LogP contribution in [0.1, 0.15) is 51.1 Å². The second-order valence-electron chi connectivity index (χ2n) is 5.36. The van der Waals surface area contributed by atoms with Crippen molar-refractivity contribution in [1.29, 1.82) is 0 Å². The van der Waals surface area contributed by atoms with Gasteiger partial charge in [0, 0.05) is 19.1 Å². The fraction of sp³-hybridized carbons (Fsp3) is 0.625. The molecule has 0 radical (unpaired) electrons. The molecule has 1 unspecified atom stereocenters. The standard InChI is InChI=1S/C16H25FN2/c1-3-18-13(2)14-9-8-10-15(17)16(14)19-11-6-4-5-7-12-19/h8-10,13,18H,3-7,11-12H2,1-2H3. The van der Waals surface area contributed by atoms with Gasteiger partial charge in [-0.15, -0.1) is 0 Å². The predicted molar refractivity (Wildman–Crippen MR) is 79.2 cm³/mol. The van der Waals surface area contributed by atoms with Crippen LogP contribution in [0.5, 0.6) is 0 Å². The van der Waals surface area contributed by atoms with Gasteiger partial charge in [0.1, 0.15) is 5.82 Å². The molecule has 0 spiro atoms. The molecule has 106 valence electrons. The highest BCUT2D eigenvalue weighted by Crippen LogP contribution is 2.31. The number of nitrogens with one attached hydrogen (secondary N) is 1. The quantitative estimate of drug-likeness (QED) is 0.888. The van der Waals surface area contributed by atoms with Crippen LogP contribution < -0.4 is 10.2 Å². The van der Waals surface area contributed by atoms with E-state index >= 15 is 0 Å². The maximum absolute atomic E-state index is 14.3. The van der Waals surface area contributed by atoms with Gasteiger partial charge in [-0.05, 0) is 37.9 Å². The average molecular weight is 264 g/mol. The minimum absolute atomic E-state index is 0.0795. The molecule has 19 heavy (non-hydrogen) atoms. The molecule has 0 aromatic heterocycles. The largest absolute Gasteiger partial charge is 0.369 e. The molecule has 1 saturated heterocycles. The summed E-state index contributed by atoms with van der Waals surface area (Å²) in [6, 6.07) is 5.65. The Labute approximate surface area is 116 Å². The van der Waals surface area contributed by atoms with E-state index in [9.17, 15) is 4.39 Å². The Balaban J connectivity index is 2.30. The van der Waals surface area contributed by atoms with Crippen LogP contribution in [0.2, 0.25) is 0 Å². The molecular formula is C16H25FN2. The van der Waals surface area contributed by atoms with Crippen LogP contribution in [0.15, 0.2) is 18.2 Å². The first-order valence-corrected chi connectivity index (χ1v) is 7.50. The van der Waals surface area contributed by atoms with Crippen LogP contribution in [0.3, 0.4) is 0 Å². The van der Waals surface area contributed by atoms with Crippen molar-refractivity contribution in [3.63, 3.8) is 0 Å². The molecule has 1 fully saturated rings. The molecule has 1 heterocycles. The van der Waals surface area contributed by atoms with Gasteiger partial charge in [-0.3, -0.25) is 0 Å². The Morgan fingerprint density at radius 2 is 1.89 bits per heavy atom. The predicted octanol–water partition coefficient (Wildman–Crippen LogP) is 3.88. The van der Waals surface area contributed by atoms with Gasteiger partial charge in [-0.1, -0.05) is 31.9 Å². The first kappa shape index (κ1) is 14.3. The monoisotopic (exact) mass is 264 g/mol. The van der Waals surface area contributed by atoms with E-state index < -0.39 is 0 Å². The number of para-hydroxylation sites is 1. The van der Waals surface area contributed by atoms with E-state index in [4.69, 9.17) is 0 Å². The number of halogens is 1. The number of hydrogen-bond donors (Lipinski definition) is 1. The van der Waals surface area contributed by atoms with E-state index in [2.05, 4.69) is 30.1 Å². The summed E-state index contributed by atoms with van der Waals surface area (Å²) in [4.78, 5) is 2.24. The van der Waals surface area contributed by atoms with Crippen molar-refractivity contribution in [2.75, 3.05) is 24.5 Å². The third-order valence-corrected chi connectivity index (χ3v) is 3.92. The highest BCUT2D eigenvalue weighted by molar-refractivity contribution is 5.56. The Kier molecular flexibility index (Phi) is 5.20. The van der Waals surface area contributed by atoms with Crippen LogP contribution in [-0.2, 0) is 0 Å². The van der Waals surface area contributed by atoms with Gasteiger partial charge in [0.15, 0.2) is 0 Å². The van der Waals surface area contributed by atoms with Crippen LogP contribution in [-0.4, -0.2) is 19.6 Å². The lowest BCUT2D eigenvalue weighted by Crippen LogP contribution is -2.28. The van der Waals surface area contributed by atoms with E-state index in [1.54, 1.807) is 6.07 Å². The van der Waals surface area contributed by atoms with Gasteiger partial charge in [0.2, 0.25) is 0 Å². The lowest BCUT2D eigenvalue weighted by atomic mass is 10.0. The zero-order valence-corrected chi connectivity index (χ0v) is 12.1. The average Bonchev–Trinajstić information content (AvgIpc) is 2.67. The molecule has 1 aromatic rings. The fourth-order valence-electron chi connectivity index (χ4n) is 2.93. The minimum atomic E-state index is -0.0795. The lowest BCUT2D eigenvalue weighted by molar-refractivity contribution is 0.576. The van der Waals surface area contributed by atoms with E-state index in [0.717, 1.165) is 30.9 Å². The Morgan fingerprint density at radius 3 is 2.53 bits per heavy atom. The van der Waals surface area contributed by atoms with E-state index in [-0.39, 0.29) is 11.9 Å². The molecule has 1 aliphatic heterocycles. The molecule has 1 atom stereocenters. The number of benzene rings is 1. The van der Waals surface area contributed by atoms with E-state index in [1.807, 2.05) is 6.07 Å². The Hall–Kier alpha value is -1.09. The SMILES string of the molecule is CCNC(C)c1cccc(F)c1N1CCCCCC1. The maximum atomic E-state index is 14.3. The summed E-state index contributed by atoms with van der Waals surface area (Å²) in [5.74, 6) is -0.0795. The number of nitrogens with zero attached hydrogens (tertiary/aromatic N) is 1. The van der Waals surface area contributed by atoms with Crippen LogP contribution in [0, 0.1) is 5.82 Å². The zero-order chi connectivity index (χ0) is 13.7. The van der Waals surface area contributed by atoms with Crippen LogP contribution in [0.4, 0.5) is 10.1 Å². The van der Waals surface area contributed by atoms with Crippen molar-refractivity contribution < 1.29 is 4.39 Å². The second kappa shape index (κ2) is 6.90. The molecular weight excluding hydrogens is 239 g/mol. The first-order valence-electron chi connectivity index (χ1n) is 7.50. The fourth-order valence-corrected chi connectivity index (χ4v) is 2.93. The van der Waals surface area contributed by atoms with E-state index in [0.29, 0.717) is 0 Å². The second-order valence-corrected chi connectivity index (χ2v) is 5.36. The van der Waals surface area contributed by atoms with Gasteiger partial charge < -0.3 is 10.2 Å². The van der Waals surface area contributed by atoms with Gasteiger partial charge in [-0.25, -0.2) is 4.39 Å². The molecule has 1 aliphatic rings. The third kappa shape index (κ3) is 3.47. The summed E-state index contributed by atoms with van der Waals surface area (Å²) < 4.78 is 14.3. The molecule has 2 nitrogen and oxygen atoms in total.